The Morgan fingerprint density at radius 1 is 1.21 bits per heavy atom. The van der Waals surface area contributed by atoms with Crippen molar-refractivity contribution in [3.05, 3.63) is 40.7 Å². The highest BCUT2D eigenvalue weighted by atomic mass is 15.3. The van der Waals surface area contributed by atoms with Crippen LogP contribution in [0, 0.1) is 6.92 Å². The normalized spacial score (nSPS) is 14.5. The largest absolute Gasteiger partial charge is 0.325 e. The second kappa shape index (κ2) is 4.82. The monoisotopic (exact) mass is 255 g/mol. The van der Waals surface area contributed by atoms with Crippen molar-refractivity contribution in [3.63, 3.8) is 0 Å². The number of rotatable bonds is 2. The van der Waals surface area contributed by atoms with Gasteiger partial charge in [-0.3, -0.25) is 4.68 Å². The third kappa shape index (κ3) is 2.08. The van der Waals surface area contributed by atoms with Gasteiger partial charge in [-0.2, -0.15) is 5.10 Å². The van der Waals surface area contributed by atoms with Gasteiger partial charge >= 0.3 is 0 Å². The maximum atomic E-state index is 5.83. The molecule has 1 aliphatic carbocycles. The fourth-order valence-electron chi connectivity index (χ4n) is 3.08. The Bertz CT molecular complexity index is 611. The zero-order valence-corrected chi connectivity index (χ0v) is 11.7. The molecule has 2 N–H and O–H groups in total. The number of nitrogens with zero attached hydrogens (tertiary/aromatic N) is 2. The molecule has 3 heteroatoms. The van der Waals surface area contributed by atoms with Gasteiger partial charge in [-0.1, -0.05) is 18.2 Å². The summed E-state index contributed by atoms with van der Waals surface area (Å²) >= 11 is 0. The minimum atomic E-state index is 0.494. The Hall–Kier alpha value is -1.61. The van der Waals surface area contributed by atoms with Gasteiger partial charge in [0, 0.05) is 24.8 Å². The summed E-state index contributed by atoms with van der Waals surface area (Å²) in [7, 11) is 1.98. The van der Waals surface area contributed by atoms with Crippen molar-refractivity contribution in [2.45, 2.75) is 39.2 Å². The van der Waals surface area contributed by atoms with E-state index in [4.69, 9.17) is 5.73 Å². The first kappa shape index (κ1) is 12.4. The summed E-state index contributed by atoms with van der Waals surface area (Å²) in [5.41, 5.74) is 13.5. The Morgan fingerprint density at radius 2 is 1.95 bits per heavy atom. The van der Waals surface area contributed by atoms with Gasteiger partial charge < -0.3 is 5.73 Å². The third-order valence-corrected chi connectivity index (χ3v) is 4.24. The third-order valence-electron chi connectivity index (χ3n) is 4.24. The first-order valence-electron chi connectivity index (χ1n) is 7.05. The minimum Gasteiger partial charge on any atom is -0.325 e. The van der Waals surface area contributed by atoms with E-state index in [1.807, 2.05) is 11.7 Å². The maximum Gasteiger partial charge on any atom is 0.0841 e. The van der Waals surface area contributed by atoms with Gasteiger partial charge in [-0.05, 0) is 49.3 Å². The molecular weight excluding hydrogens is 234 g/mol. The summed E-state index contributed by atoms with van der Waals surface area (Å²) in [6.45, 7) is 2.61. The molecular formula is C16H21N3. The SMILES string of the molecule is Cc1c(-c2ccc3c(c2)CCCC3)c(CN)nn1C. The van der Waals surface area contributed by atoms with E-state index in [0.29, 0.717) is 6.54 Å². The molecule has 0 radical (unpaired) electrons. The van der Waals surface area contributed by atoms with E-state index >= 15 is 0 Å². The second-order valence-corrected chi connectivity index (χ2v) is 5.43. The first-order chi connectivity index (χ1) is 9.20. The van der Waals surface area contributed by atoms with Crippen molar-refractivity contribution in [2.75, 3.05) is 0 Å². The van der Waals surface area contributed by atoms with Gasteiger partial charge in [0.2, 0.25) is 0 Å². The number of aryl methyl sites for hydroxylation is 3. The molecule has 0 saturated carbocycles. The molecule has 2 aromatic rings. The topological polar surface area (TPSA) is 43.8 Å². The molecule has 0 bridgehead atoms. The zero-order valence-electron chi connectivity index (χ0n) is 11.7. The lowest BCUT2D eigenvalue weighted by molar-refractivity contribution is 0.686. The summed E-state index contributed by atoms with van der Waals surface area (Å²) in [6.07, 6.45) is 5.07. The lowest BCUT2D eigenvalue weighted by atomic mass is 9.89. The Labute approximate surface area is 114 Å². The molecule has 0 saturated heterocycles. The molecule has 0 atom stereocenters. The number of fused-ring (bicyclic) bond motifs is 1. The number of benzene rings is 1. The highest BCUT2D eigenvalue weighted by molar-refractivity contribution is 5.70. The first-order valence-corrected chi connectivity index (χ1v) is 7.05. The molecule has 3 rings (SSSR count). The van der Waals surface area contributed by atoms with E-state index in [1.165, 1.54) is 53.6 Å². The summed E-state index contributed by atoms with van der Waals surface area (Å²) in [4.78, 5) is 0. The molecule has 100 valence electrons. The van der Waals surface area contributed by atoms with E-state index in [9.17, 15) is 0 Å². The van der Waals surface area contributed by atoms with Crippen molar-refractivity contribution < 1.29 is 0 Å². The van der Waals surface area contributed by atoms with Crippen LogP contribution in [0.3, 0.4) is 0 Å². The molecule has 0 fully saturated rings. The molecule has 19 heavy (non-hydrogen) atoms. The predicted octanol–water partition coefficient (Wildman–Crippen LogP) is 2.73. The van der Waals surface area contributed by atoms with Crippen LogP contribution in [0.15, 0.2) is 18.2 Å². The lowest BCUT2D eigenvalue weighted by Crippen LogP contribution is -2.03. The standard InChI is InChI=1S/C16H21N3/c1-11-16(15(10-17)18-19(11)2)14-8-7-12-5-3-4-6-13(12)9-14/h7-9H,3-6,10,17H2,1-2H3. The molecule has 0 aliphatic heterocycles. The average Bonchev–Trinajstić information content (AvgIpc) is 2.74. The number of hydrogen-bond acceptors (Lipinski definition) is 2. The van der Waals surface area contributed by atoms with Crippen molar-refractivity contribution in [1.29, 1.82) is 0 Å². The summed E-state index contributed by atoms with van der Waals surface area (Å²) in [5, 5.41) is 4.51. The van der Waals surface area contributed by atoms with E-state index < -0.39 is 0 Å². The van der Waals surface area contributed by atoms with E-state index in [-0.39, 0.29) is 0 Å². The van der Waals surface area contributed by atoms with Crippen LogP contribution in [0.2, 0.25) is 0 Å². The van der Waals surface area contributed by atoms with Crippen molar-refractivity contribution in [2.24, 2.45) is 12.8 Å². The van der Waals surface area contributed by atoms with Crippen molar-refractivity contribution in [1.82, 2.24) is 9.78 Å². The summed E-state index contributed by atoms with van der Waals surface area (Å²) in [6, 6.07) is 6.86. The van der Waals surface area contributed by atoms with Gasteiger partial charge in [0.1, 0.15) is 0 Å². The summed E-state index contributed by atoms with van der Waals surface area (Å²) < 4.78 is 1.93. The van der Waals surface area contributed by atoms with E-state index in [2.05, 4.69) is 30.2 Å². The molecule has 3 nitrogen and oxygen atoms in total. The molecule has 0 unspecified atom stereocenters. The Balaban J connectivity index is 2.12. The minimum absolute atomic E-state index is 0.494. The van der Waals surface area contributed by atoms with Crippen LogP contribution in [0.1, 0.15) is 35.4 Å². The van der Waals surface area contributed by atoms with Gasteiger partial charge in [-0.25, -0.2) is 0 Å². The van der Waals surface area contributed by atoms with Crippen LogP contribution in [0.4, 0.5) is 0 Å². The molecule has 1 aromatic carbocycles. The van der Waals surface area contributed by atoms with E-state index in [0.717, 1.165) is 5.69 Å². The predicted molar refractivity (Wildman–Crippen MR) is 77.9 cm³/mol. The van der Waals surface area contributed by atoms with Crippen LogP contribution in [0.25, 0.3) is 11.1 Å². The fourth-order valence-corrected chi connectivity index (χ4v) is 3.08. The second-order valence-electron chi connectivity index (χ2n) is 5.43. The summed E-state index contributed by atoms with van der Waals surface area (Å²) in [5.74, 6) is 0. The van der Waals surface area contributed by atoms with Crippen LogP contribution in [0.5, 0.6) is 0 Å². The highest BCUT2D eigenvalue weighted by Crippen LogP contribution is 2.31. The van der Waals surface area contributed by atoms with Gasteiger partial charge in [0.25, 0.3) is 0 Å². The molecule has 1 aliphatic rings. The average molecular weight is 255 g/mol. The van der Waals surface area contributed by atoms with Crippen LogP contribution in [-0.2, 0) is 26.4 Å². The van der Waals surface area contributed by atoms with Crippen LogP contribution in [-0.4, -0.2) is 9.78 Å². The lowest BCUT2D eigenvalue weighted by Gasteiger charge is -2.16. The quantitative estimate of drug-likeness (QED) is 0.896. The fraction of sp³-hybridized carbons (Fsp3) is 0.438. The zero-order chi connectivity index (χ0) is 13.4. The van der Waals surface area contributed by atoms with Crippen molar-refractivity contribution in [3.8, 4) is 11.1 Å². The molecule has 0 amide bonds. The van der Waals surface area contributed by atoms with Gasteiger partial charge in [0.05, 0.1) is 5.69 Å². The molecule has 1 heterocycles. The van der Waals surface area contributed by atoms with Gasteiger partial charge in [0.15, 0.2) is 0 Å². The smallest absolute Gasteiger partial charge is 0.0841 e. The van der Waals surface area contributed by atoms with Crippen LogP contribution >= 0.6 is 0 Å². The number of nitrogens with two attached hydrogens (primary N) is 1. The van der Waals surface area contributed by atoms with Crippen LogP contribution < -0.4 is 5.73 Å². The number of hydrogen-bond donors (Lipinski definition) is 1. The highest BCUT2D eigenvalue weighted by Gasteiger charge is 2.16. The molecule has 0 spiro atoms. The number of aromatic nitrogens is 2. The Kier molecular flexibility index (Phi) is 3.15. The van der Waals surface area contributed by atoms with Crippen molar-refractivity contribution >= 4 is 0 Å². The molecule has 1 aromatic heterocycles. The maximum absolute atomic E-state index is 5.83. The Morgan fingerprint density at radius 3 is 2.68 bits per heavy atom. The van der Waals surface area contributed by atoms with E-state index in [1.54, 1.807) is 0 Å². The van der Waals surface area contributed by atoms with Gasteiger partial charge in [-0.15, -0.1) is 0 Å².